The number of rotatable bonds is 2. The summed E-state index contributed by atoms with van der Waals surface area (Å²) in [6.45, 7) is 0. The van der Waals surface area contributed by atoms with E-state index in [0.29, 0.717) is 11.4 Å². The SMILES string of the molecule is N#Cc1c(N)[nH]c2ccc(Sc3ccc4ccccc4c3)cc12. The second kappa shape index (κ2) is 5.38. The second-order valence-corrected chi connectivity index (χ2v) is 6.49. The highest BCUT2D eigenvalue weighted by Crippen LogP contribution is 2.33. The van der Waals surface area contributed by atoms with Gasteiger partial charge in [-0.05, 0) is 41.1 Å². The van der Waals surface area contributed by atoms with Gasteiger partial charge in [-0.2, -0.15) is 5.26 Å². The minimum Gasteiger partial charge on any atom is -0.384 e. The zero-order valence-electron chi connectivity index (χ0n) is 12.2. The van der Waals surface area contributed by atoms with Gasteiger partial charge in [0.05, 0.1) is 0 Å². The minimum absolute atomic E-state index is 0.426. The third kappa shape index (κ3) is 2.41. The lowest BCUT2D eigenvalue weighted by Gasteiger charge is -2.04. The molecule has 0 aliphatic rings. The number of nitrogens with zero attached hydrogens (tertiary/aromatic N) is 1. The minimum atomic E-state index is 0.426. The molecule has 0 atom stereocenters. The van der Waals surface area contributed by atoms with Crippen molar-refractivity contribution in [1.82, 2.24) is 4.98 Å². The zero-order valence-corrected chi connectivity index (χ0v) is 13.0. The van der Waals surface area contributed by atoms with E-state index in [-0.39, 0.29) is 0 Å². The predicted octanol–water partition coefficient (Wildman–Crippen LogP) is 4.93. The molecule has 0 bridgehead atoms. The lowest BCUT2D eigenvalue weighted by atomic mass is 10.1. The molecule has 1 aromatic heterocycles. The van der Waals surface area contributed by atoms with Gasteiger partial charge in [0.25, 0.3) is 0 Å². The van der Waals surface area contributed by atoms with Crippen molar-refractivity contribution in [2.75, 3.05) is 5.73 Å². The molecule has 23 heavy (non-hydrogen) atoms. The summed E-state index contributed by atoms with van der Waals surface area (Å²) in [5.74, 6) is 0.426. The van der Waals surface area contributed by atoms with Gasteiger partial charge in [0.1, 0.15) is 17.5 Å². The Morgan fingerprint density at radius 2 is 1.65 bits per heavy atom. The zero-order chi connectivity index (χ0) is 15.8. The van der Waals surface area contributed by atoms with E-state index in [9.17, 15) is 5.26 Å². The Balaban J connectivity index is 1.75. The molecule has 4 heteroatoms. The van der Waals surface area contributed by atoms with Crippen LogP contribution in [-0.2, 0) is 0 Å². The summed E-state index contributed by atoms with van der Waals surface area (Å²) >= 11 is 1.68. The summed E-state index contributed by atoms with van der Waals surface area (Å²) in [5.41, 5.74) is 7.25. The quantitative estimate of drug-likeness (QED) is 0.551. The van der Waals surface area contributed by atoms with E-state index in [1.807, 2.05) is 30.3 Å². The molecule has 3 aromatic carbocycles. The molecule has 0 aliphatic carbocycles. The van der Waals surface area contributed by atoms with Gasteiger partial charge in [-0.3, -0.25) is 0 Å². The van der Waals surface area contributed by atoms with E-state index in [1.54, 1.807) is 11.8 Å². The van der Waals surface area contributed by atoms with Crippen LogP contribution >= 0.6 is 11.8 Å². The predicted molar refractivity (Wildman–Crippen MR) is 95.5 cm³/mol. The van der Waals surface area contributed by atoms with Crippen LogP contribution in [0.1, 0.15) is 5.56 Å². The lowest BCUT2D eigenvalue weighted by Crippen LogP contribution is -1.86. The average Bonchev–Trinajstić information content (AvgIpc) is 2.89. The molecular weight excluding hydrogens is 302 g/mol. The summed E-state index contributed by atoms with van der Waals surface area (Å²) in [5, 5.41) is 12.6. The van der Waals surface area contributed by atoms with Crippen LogP contribution in [0.5, 0.6) is 0 Å². The van der Waals surface area contributed by atoms with Crippen molar-refractivity contribution in [3.05, 3.63) is 66.2 Å². The van der Waals surface area contributed by atoms with Gasteiger partial charge in [0.15, 0.2) is 0 Å². The van der Waals surface area contributed by atoms with Crippen LogP contribution in [0.25, 0.3) is 21.7 Å². The highest BCUT2D eigenvalue weighted by Gasteiger charge is 2.09. The number of benzene rings is 3. The molecule has 0 fully saturated rings. The summed E-state index contributed by atoms with van der Waals surface area (Å²) in [4.78, 5) is 5.30. The molecule has 0 unspecified atom stereocenters. The first kappa shape index (κ1) is 13.7. The maximum atomic E-state index is 9.25. The second-order valence-electron chi connectivity index (χ2n) is 5.34. The van der Waals surface area contributed by atoms with Crippen LogP contribution in [0, 0.1) is 11.3 Å². The van der Waals surface area contributed by atoms with Crippen molar-refractivity contribution in [2.45, 2.75) is 9.79 Å². The molecule has 0 radical (unpaired) electrons. The highest BCUT2D eigenvalue weighted by atomic mass is 32.2. The van der Waals surface area contributed by atoms with Gasteiger partial charge in [0.2, 0.25) is 0 Å². The molecule has 0 saturated heterocycles. The largest absolute Gasteiger partial charge is 0.384 e. The number of anilines is 1. The first-order valence-electron chi connectivity index (χ1n) is 7.22. The van der Waals surface area contributed by atoms with E-state index >= 15 is 0 Å². The van der Waals surface area contributed by atoms with Crippen molar-refractivity contribution in [2.24, 2.45) is 0 Å². The number of fused-ring (bicyclic) bond motifs is 2. The van der Waals surface area contributed by atoms with Crippen molar-refractivity contribution < 1.29 is 0 Å². The summed E-state index contributed by atoms with van der Waals surface area (Å²) in [6.07, 6.45) is 0. The molecule has 110 valence electrons. The highest BCUT2D eigenvalue weighted by molar-refractivity contribution is 7.99. The van der Waals surface area contributed by atoms with Crippen molar-refractivity contribution in [3.63, 3.8) is 0 Å². The molecule has 4 aromatic rings. The van der Waals surface area contributed by atoms with Crippen LogP contribution in [0.3, 0.4) is 0 Å². The first-order chi connectivity index (χ1) is 11.2. The number of nitrogens with one attached hydrogen (secondary N) is 1. The number of nitriles is 1. The number of aromatic nitrogens is 1. The Morgan fingerprint density at radius 3 is 2.48 bits per heavy atom. The molecule has 0 spiro atoms. The topological polar surface area (TPSA) is 65.6 Å². The van der Waals surface area contributed by atoms with Crippen LogP contribution < -0.4 is 5.73 Å². The standard InChI is InChI=1S/C19H13N3S/c20-11-17-16-10-15(7-8-18(16)22-19(17)21)23-14-6-5-12-3-1-2-4-13(12)9-14/h1-10,22H,21H2. The molecule has 3 nitrogen and oxygen atoms in total. The number of H-pyrrole nitrogens is 1. The van der Waals surface area contributed by atoms with E-state index in [2.05, 4.69) is 41.4 Å². The maximum absolute atomic E-state index is 9.25. The van der Waals surface area contributed by atoms with Crippen molar-refractivity contribution in [1.29, 1.82) is 5.26 Å². The molecule has 3 N–H and O–H groups in total. The number of aromatic amines is 1. The Bertz CT molecular complexity index is 1070. The number of hydrogen-bond donors (Lipinski definition) is 2. The fraction of sp³-hybridized carbons (Fsp3) is 0. The van der Waals surface area contributed by atoms with Gasteiger partial charge in [-0.1, -0.05) is 42.1 Å². The van der Waals surface area contributed by atoms with Crippen molar-refractivity contribution in [3.8, 4) is 6.07 Å². The van der Waals surface area contributed by atoms with Gasteiger partial charge in [-0.25, -0.2) is 0 Å². The fourth-order valence-electron chi connectivity index (χ4n) is 2.74. The smallest absolute Gasteiger partial charge is 0.119 e. The van der Waals surface area contributed by atoms with Gasteiger partial charge in [0, 0.05) is 20.7 Å². The molecular formula is C19H13N3S. The Morgan fingerprint density at radius 1 is 0.913 bits per heavy atom. The molecule has 0 aliphatic heterocycles. The monoisotopic (exact) mass is 315 g/mol. The normalized spacial score (nSPS) is 10.9. The van der Waals surface area contributed by atoms with Crippen molar-refractivity contribution >= 4 is 39.3 Å². The molecule has 0 saturated carbocycles. The van der Waals surface area contributed by atoms with Gasteiger partial charge < -0.3 is 10.7 Å². The summed E-state index contributed by atoms with van der Waals surface area (Å²) in [7, 11) is 0. The number of nitrogen functional groups attached to an aromatic ring is 1. The van der Waals surface area contributed by atoms with Crippen LogP contribution in [0.2, 0.25) is 0 Å². The van der Waals surface area contributed by atoms with E-state index < -0.39 is 0 Å². The Labute approximate surface area is 137 Å². The van der Waals surface area contributed by atoms with E-state index in [1.165, 1.54) is 15.7 Å². The lowest BCUT2D eigenvalue weighted by molar-refractivity contribution is 1.43. The summed E-state index contributed by atoms with van der Waals surface area (Å²) < 4.78 is 0. The fourth-order valence-corrected chi connectivity index (χ4v) is 3.65. The Kier molecular flexibility index (Phi) is 3.22. The molecule has 0 amide bonds. The molecule has 1 heterocycles. The van der Waals surface area contributed by atoms with Crippen LogP contribution in [0.4, 0.5) is 5.82 Å². The Hall–Kier alpha value is -2.90. The van der Waals surface area contributed by atoms with Gasteiger partial charge in [-0.15, -0.1) is 0 Å². The third-order valence-electron chi connectivity index (χ3n) is 3.87. The summed E-state index contributed by atoms with van der Waals surface area (Å²) in [6, 6.07) is 22.9. The number of nitrogens with two attached hydrogens (primary N) is 1. The average molecular weight is 315 g/mol. The van der Waals surface area contributed by atoms with E-state index in [0.717, 1.165) is 15.8 Å². The third-order valence-corrected chi connectivity index (χ3v) is 4.85. The molecule has 4 rings (SSSR count). The van der Waals surface area contributed by atoms with Crippen LogP contribution in [0.15, 0.2) is 70.5 Å². The first-order valence-corrected chi connectivity index (χ1v) is 8.04. The van der Waals surface area contributed by atoms with E-state index in [4.69, 9.17) is 5.73 Å². The number of hydrogen-bond acceptors (Lipinski definition) is 3. The van der Waals surface area contributed by atoms with Gasteiger partial charge >= 0.3 is 0 Å². The maximum Gasteiger partial charge on any atom is 0.119 e. The van der Waals surface area contributed by atoms with Crippen LogP contribution in [-0.4, -0.2) is 4.98 Å².